The van der Waals surface area contributed by atoms with Gasteiger partial charge in [0.1, 0.15) is 5.38 Å². The van der Waals surface area contributed by atoms with Gasteiger partial charge in [0.25, 0.3) is 0 Å². The molecule has 1 heterocycles. The SMILES string of the molecule is N#CC(Cl)CSC1COC1. The van der Waals surface area contributed by atoms with Crippen LogP contribution in [0.2, 0.25) is 0 Å². The fourth-order valence-electron chi connectivity index (χ4n) is 0.568. The molecule has 1 aliphatic rings. The quantitative estimate of drug-likeness (QED) is 0.609. The summed E-state index contributed by atoms with van der Waals surface area (Å²) in [6.07, 6.45) is 0. The van der Waals surface area contributed by atoms with Crippen LogP contribution < -0.4 is 0 Å². The van der Waals surface area contributed by atoms with Gasteiger partial charge in [-0.25, -0.2) is 0 Å². The summed E-state index contributed by atoms with van der Waals surface area (Å²) >= 11 is 7.28. The third-order valence-electron chi connectivity index (χ3n) is 1.23. The number of nitrogens with zero attached hydrogens (tertiary/aromatic N) is 1. The maximum atomic E-state index is 8.31. The number of hydrogen-bond donors (Lipinski definition) is 0. The smallest absolute Gasteiger partial charge is 0.129 e. The highest BCUT2D eigenvalue weighted by molar-refractivity contribution is 8.00. The van der Waals surface area contributed by atoms with Crippen LogP contribution in [-0.4, -0.2) is 29.6 Å². The topological polar surface area (TPSA) is 33.0 Å². The van der Waals surface area contributed by atoms with Crippen molar-refractivity contribution in [2.45, 2.75) is 10.6 Å². The predicted octanol–water partition coefficient (Wildman–Crippen LogP) is 1.25. The van der Waals surface area contributed by atoms with Gasteiger partial charge in [0.05, 0.1) is 24.5 Å². The summed E-state index contributed by atoms with van der Waals surface area (Å²) in [5, 5.41) is 8.55. The van der Waals surface area contributed by atoms with Gasteiger partial charge in [-0.05, 0) is 0 Å². The van der Waals surface area contributed by atoms with Crippen LogP contribution in [0.15, 0.2) is 0 Å². The van der Waals surface area contributed by atoms with Gasteiger partial charge in [0.2, 0.25) is 0 Å². The van der Waals surface area contributed by atoms with Crippen molar-refractivity contribution in [3.63, 3.8) is 0 Å². The van der Waals surface area contributed by atoms with E-state index in [4.69, 9.17) is 21.6 Å². The van der Waals surface area contributed by atoms with Gasteiger partial charge in [-0.2, -0.15) is 17.0 Å². The van der Waals surface area contributed by atoms with E-state index in [0.717, 1.165) is 13.2 Å². The lowest BCUT2D eigenvalue weighted by Gasteiger charge is -2.25. The van der Waals surface area contributed by atoms with E-state index in [1.165, 1.54) is 0 Å². The zero-order valence-electron chi connectivity index (χ0n) is 5.42. The molecule has 1 atom stereocenters. The molecule has 1 saturated heterocycles. The number of rotatable bonds is 3. The van der Waals surface area contributed by atoms with E-state index in [2.05, 4.69) is 0 Å². The third-order valence-corrected chi connectivity index (χ3v) is 2.93. The summed E-state index contributed by atoms with van der Waals surface area (Å²) in [5.74, 6) is 0.714. The van der Waals surface area contributed by atoms with Crippen molar-refractivity contribution >= 4 is 23.4 Å². The Hall–Kier alpha value is 0.0900. The van der Waals surface area contributed by atoms with Crippen LogP contribution in [0.1, 0.15) is 0 Å². The van der Waals surface area contributed by atoms with E-state index in [9.17, 15) is 0 Å². The first-order valence-corrected chi connectivity index (χ1v) is 4.54. The van der Waals surface area contributed by atoms with Crippen molar-refractivity contribution in [1.29, 1.82) is 5.26 Å². The molecule has 0 aromatic rings. The molecule has 0 N–H and O–H groups in total. The fourth-order valence-corrected chi connectivity index (χ4v) is 1.69. The first-order valence-electron chi connectivity index (χ1n) is 3.06. The summed E-state index contributed by atoms with van der Waals surface area (Å²) in [7, 11) is 0. The molecule has 1 aliphatic heterocycles. The van der Waals surface area contributed by atoms with Gasteiger partial charge in [-0.3, -0.25) is 0 Å². The number of thioether (sulfide) groups is 1. The largest absolute Gasteiger partial charge is 0.379 e. The van der Waals surface area contributed by atoms with E-state index in [1.807, 2.05) is 6.07 Å². The van der Waals surface area contributed by atoms with E-state index in [-0.39, 0.29) is 5.38 Å². The normalized spacial score (nSPS) is 21.2. The van der Waals surface area contributed by atoms with Crippen LogP contribution in [-0.2, 0) is 4.74 Å². The fraction of sp³-hybridized carbons (Fsp3) is 0.833. The third kappa shape index (κ3) is 2.37. The van der Waals surface area contributed by atoms with Crippen LogP contribution in [0.3, 0.4) is 0 Å². The van der Waals surface area contributed by atoms with Crippen molar-refractivity contribution in [3.8, 4) is 6.07 Å². The Bertz CT molecular complexity index is 143. The number of alkyl halides is 1. The Balaban J connectivity index is 1.99. The zero-order valence-corrected chi connectivity index (χ0v) is 6.99. The van der Waals surface area contributed by atoms with E-state index < -0.39 is 0 Å². The maximum Gasteiger partial charge on any atom is 0.129 e. The molecule has 0 aromatic carbocycles. The second kappa shape index (κ2) is 4.07. The van der Waals surface area contributed by atoms with Gasteiger partial charge in [0, 0.05) is 5.75 Å². The van der Waals surface area contributed by atoms with Crippen molar-refractivity contribution in [1.82, 2.24) is 0 Å². The number of hydrogen-bond acceptors (Lipinski definition) is 3. The second-order valence-electron chi connectivity index (χ2n) is 2.09. The molecule has 0 radical (unpaired) electrons. The lowest BCUT2D eigenvalue weighted by atomic mass is 10.4. The van der Waals surface area contributed by atoms with Crippen molar-refractivity contribution in [2.24, 2.45) is 0 Å². The van der Waals surface area contributed by atoms with E-state index in [0.29, 0.717) is 11.0 Å². The molecule has 0 aliphatic carbocycles. The highest BCUT2D eigenvalue weighted by Gasteiger charge is 2.19. The van der Waals surface area contributed by atoms with Crippen LogP contribution in [0, 0.1) is 11.3 Å². The minimum atomic E-state index is -0.342. The molecule has 1 fully saturated rings. The molecule has 10 heavy (non-hydrogen) atoms. The van der Waals surface area contributed by atoms with Gasteiger partial charge in [-0.1, -0.05) is 0 Å². The molecule has 0 bridgehead atoms. The Labute approximate surface area is 69.5 Å². The Morgan fingerprint density at radius 2 is 2.50 bits per heavy atom. The minimum absolute atomic E-state index is 0.342. The molecule has 56 valence electrons. The average molecular weight is 178 g/mol. The average Bonchev–Trinajstić information content (AvgIpc) is 1.84. The van der Waals surface area contributed by atoms with Gasteiger partial charge in [0.15, 0.2) is 0 Å². The number of halogens is 1. The summed E-state index contributed by atoms with van der Waals surface area (Å²) < 4.78 is 4.95. The zero-order chi connectivity index (χ0) is 7.40. The van der Waals surface area contributed by atoms with Crippen LogP contribution >= 0.6 is 23.4 Å². The molecule has 2 nitrogen and oxygen atoms in total. The molecule has 1 rings (SSSR count). The molecule has 0 amide bonds. The molecule has 0 saturated carbocycles. The first-order chi connectivity index (χ1) is 4.83. The maximum absolute atomic E-state index is 8.31. The molecule has 0 aromatic heterocycles. The predicted molar refractivity (Wildman–Crippen MR) is 42.3 cm³/mol. The molecular formula is C6H8ClNOS. The van der Waals surface area contributed by atoms with Crippen LogP contribution in [0.4, 0.5) is 0 Å². The lowest BCUT2D eigenvalue weighted by Crippen LogP contribution is -2.31. The first kappa shape index (κ1) is 8.19. The summed E-state index contributed by atoms with van der Waals surface area (Å²) in [4.78, 5) is 0. The second-order valence-corrected chi connectivity index (χ2v) is 3.95. The van der Waals surface area contributed by atoms with Crippen LogP contribution in [0.5, 0.6) is 0 Å². The van der Waals surface area contributed by atoms with Gasteiger partial charge >= 0.3 is 0 Å². The van der Waals surface area contributed by atoms with Crippen molar-refractivity contribution < 1.29 is 4.74 Å². The summed E-state index contributed by atoms with van der Waals surface area (Å²) in [6, 6.07) is 1.97. The number of ether oxygens (including phenoxy) is 1. The monoisotopic (exact) mass is 177 g/mol. The van der Waals surface area contributed by atoms with Crippen molar-refractivity contribution in [3.05, 3.63) is 0 Å². The summed E-state index contributed by atoms with van der Waals surface area (Å²) in [5.41, 5.74) is 0. The number of nitriles is 1. The highest BCUT2D eigenvalue weighted by Crippen LogP contribution is 2.20. The van der Waals surface area contributed by atoms with Gasteiger partial charge in [-0.15, -0.1) is 11.6 Å². The highest BCUT2D eigenvalue weighted by atomic mass is 35.5. The van der Waals surface area contributed by atoms with E-state index in [1.54, 1.807) is 11.8 Å². The standard InChI is InChI=1S/C6H8ClNOS/c7-5(1-8)4-10-6-2-9-3-6/h5-6H,2-4H2. The molecule has 4 heteroatoms. The molecule has 0 spiro atoms. The Morgan fingerprint density at radius 1 is 1.80 bits per heavy atom. The Morgan fingerprint density at radius 3 is 2.90 bits per heavy atom. The minimum Gasteiger partial charge on any atom is -0.379 e. The van der Waals surface area contributed by atoms with E-state index >= 15 is 0 Å². The molecule has 1 unspecified atom stereocenters. The summed E-state index contributed by atoms with van der Waals surface area (Å²) in [6.45, 7) is 1.64. The van der Waals surface area contributed by atoms with Crippen molar-refractivity contribution in [2.75, 3.05) is 19.0 Å². The van der Waals surface area contributed by atoms with Gasteiger partial charge < -0.3 is 4.74 Å². The Kier molecular flexibility index (Phi) is 3.33. The van der Waals surface area contributed by atoms with Crippen LogP contribution in [0.25, 0.3) is 0 Å². The lowest BCUT2D eigenvalue weighted by molar-refractivity contribution is 0.0455. The molecular weight excluding hydrogens is 170 g/mol.